The Morgan fingerprint density at radius 2 is 1.77 bits per heavy atom. The molecule has 0 heteroatoms. The van der Waals surface area contributed by atoms with Crippen LogP contribution in [-0.2, 0) is 0 Å². The third-order valence-electron chi connectivity index (χ3n) is 2.59. The summed E-state index contributed by atoms with van der Waals surface area (Å²) >= 11 is 0. The van der Waals surface area contributed by atoms with E-state index >= 15 is 0 Å². The van der Waals surface area contributed by atoms with Crippen molar-refractivity contribution in [1.29, 1.82) is 0 Å². The summed E-state index contributed by atoms with van der Waals surface area (Å²) in [6.07, 6.45) is 11.4. The second-order valence-electron chi connectivity index (χ2n) is 4.27. The number of unbranched alkanes of at least 4 members (excludes halogenated alkanes) is 2. The van der Waals surface area contributed by atoms with Gasteiger partial charge in [0.25, 0.3) is 0 Å². The topological polar surface area (TPSA) is 0 Å². The Morgan fingerprint density at radius 3 is 2.23 bits per heavy atom. The molecule has 0 rings (SSSR count). The summed E-state index contributed by atoms with van der Waals surface area (Å²) in [5.74, 6) is 1.61. The maximum Gasteiger partial charge on any atom is -0.0211 e. The van der Waals surface area contributed by atoms with E-state index in [0.29, 0.717) is 0 Å². The molecule has 0 aliphatic rings. The third-order valence-corrected chi connectivity index (χ3v) is 2.59. The molecular formula is C13H26. The van der Waals surface area contributed by atoms with Gasteiger partial charge < -0.3 is 0 Å². The van der Waals surface area contributed by atoms with Crippen molar-refractivity contribution in [2.75, 3.05) is 0 Å². The van der Waals surface area contributed by atoms with Gasteiger partial charge in [-0.3, -0.25) is 0 Å². The van der Waals surface area contributed by atoms with Gasteiger partial charge in [-0.2, -0.15) is 0 Å². The van der Waals surface area contributed by atoms with Crippen LogP contribution >= 0.6 is 0 Å². The summed E-state index contributed by atoms with van der Waals surface area (Å²) in [7, 11) is 0. The average molecular weight is 182 g/mol. The van der Waals surface area contributed by atoms with Gasteiger partial charge in [0.1, 0.15) is 0 Å². The van der Waals surface area contributed by atoms with E-state index < -0.39 is 0 Å². The van der Waals surface area contributed by atoms with Crippen LogP contribution in [0.3, 0.4) is 0 Å². The largest absolute Gasteiger partial charge is 0.0883 e. The first-order chi connectivity index (χ1) is 6.22. The van der Waals surface area contributed by atoms with Crippen LogP contribution in [0.15, 0.2) is 12.2 Å². The minimum Gasteiger partial charge on any atom is -0.0883 e. The molecule has 0 aromatic rings. The highest BCUT2D eigenvalue weighted by Gasteiger charge is 2.07. The van der Waals surface area contributed by atoms with E-state index in [0.717, 1.165) is 11.8 Å². The molecule has 13 heavy (non-hydrogen) atoms. The fourth-order valence-corrected chi connectivity index (χ4v) is 1.58. The van der Waals surface area contributed by atoms with E-state index in [1.807, 2.05) is 0 Å². The van der Waals surface area contributed by atoms with E-state index in [2.05, 4.69) is 39.8 Å². The molecule has 1 atom stereocenters. The second-order valence-corrected chi connectivity index (χ2v) is 4.27. The fourth-order valence-electron chi connectivity index (χ4n) is 1.58. The molecule has 0 heterocycles. The highest BCUT2D eigenvalue weighted by Crippen LogP contribution is 2.18. The lowest BCUT2D eigenvalue weighted by molar-refractivity contribution is 0.431. The summed E-state index contributed by atoms with van der Waals surface area (Å²) in [5.41, 5.74) is 0. The summed E-state index contributed by atoms with van der Waals surface area (Å²) in [4.78, 5) is 0. The number of rotatable bonds is 7. The molecule has 78 valence electrons. The predicted molar refractivity (Wildman–Crippen MR) is 61.9 cm³/mol. The van der Waals surface area contributed by atoms with Crippen LogP contribution in [0.25, 0.3) is 0 Å². The van der Waals surface area contributed by atoms with Crippen molar-refractivity contribution in [3.8, 4) is 0 Å². The molecule has 0 spiro atoms. The Balaban J connectivity index is 3.72. The van der Waals surface area contributed by atoms with Crippen molar-refractivity contribution < 1.29 is 0 Å². The van der Waals surface area contributed by atoms with E-state index in [1.165, 1.54) is 32.1 Å². The Hall–Kier alpha value is -0.260. The molecule has 0 nitrogen and oxygen atoms in total. The lowest BCUT2D eigenvalue weighted by atomic mass is 9.91. The lowest BCUT2D eigenvalue weighted by Gasteiger charge is -2.15. The van der Waals surface area contributed by atoms with E-state index in [1.54, 1.807) is 0 Å². The molecule has 0 aliphatic heterocycles. The minimum absolute atomic E-state index is 0.804. The number of allylic oxidation sites excluding steroid dienone is 2. The van der Waals surface area contributed by atoms with Crippen molar-refractivity contribution in [3.63, 3.8) is 0 Å². The van der Waals surface area contributed by atoms with Crippen LogP contribution in [0.2, 0.25) is 0 Å². The molecule has 1 unspecified atom stereocenters. The average Bonchev–Trinajstić information content (AvgIpc) is 2.10. The molecule has 0 radical (unpaired) electrons. The molecule has 0 saturated heterocycles. The highest BCUT2D eigenvalue weighted by atomic mass is 14.1. The molecule has 0 bridgehead atoms. The van der Waals surface area contributed by atoms with Crippen molar-refractivity contribution in [2.24, 2.45) is 11.8 Å². The summed E-state index contributed by atoms with van der Waals surface area (Å²) in [6, 6.07) is 0. The molecular weight excluding hydrogens is 156 g/mol. The Labute approximate surface area is 84.4 Å². The molecule has 0 aromatic carbocycles. The van der Waals surface area contributed by atoms with Gasteiger partial charge in [-0.1, -0.05) is 59.1 Å². The van der Waals surface area contributed by atoms with Crippen molar-refractivity contribution in [1.82, 2.24) is 0 Å². The van der Waals surface area contributed by atoms with E-state index in [4.69, 9.17) is 0 Å². The third kappa shape index (κ3) is 6.86. The molecule has 0 aromatic heterocycles. The predicted octanol–water partition coefficient (Wildman–Crippen LogP) is 4.81. The smallest absolute Gasteiger partial charge is 0.0211 e. The molecule has 0 fully saturated rings. The monoisotopic (exact) mass is 182 g/mol. The summed E-state index contributed by atoms with van der Waals surface area (Å²) < 4.78 is 0. The molecule has 0 aliphatic carbocycles. The zero-order valence-electron chi connectivity index (χ0n) is 9.84. The molecule has 0 N–H and O–H groups in total. The van der Waals surface area contributed by atoms with Gasteiger partial charge in [-0.25, -0.2) is 0 Å². The minimum atomic E-state index is 0.804. The first kappa shape index (κ1) is 12.7. The normalized spacial score (nSPS) is 14.2. The van der Waals surface area contributed by atoms with Crippen LogP contribution in [-0.4, -0.2) is 0 Å². The van der Waals surface area contributed by atoms with Crippen LogP contribution in [0, 0.1) is 11.8 Å². The van der Waals surface area contributed by atoms with Gasteiger partial charge in [-0.15, -0.1) is 0 Å². The maximum atomic E-state index is 2.43. The summed E-state index contributed by atoms with van der Waals surface area (Å²) in [6.45, 7) is 9.17. The van der Waals surface area contributed by atoms with E-state index in [-0.39, 0.29) is 0 Å². The zero-order chi connectivity index (χ0) is 10.1. The zero-order valence-corrected chi connectivity index (χ0v) is 9.84. The van der Waals surface area contributed by atoms with Crippen LogP contribution in [0.4, 0.5) is 0 Å². The van der Waals surface area contributed by atoms with Gasteiger partial charge in [0.05, 0.1) is 0 Å². The maximum absolute atomic E-state index is 2.43. The number of hydrogen-bond acceptors (Lipinski definition) is 0. The SMILES string of the molecule is CCCC/C=C\C(CCC)C(C)C. The van der Waals surface area contributed by atoms with Crippen molar-refractivity contribution in [2.45, 2.75) is 59.8 Å². The van der Waals surface area contributed by atoms with E-state index in [9.17, 15) is 0 Å². The van der Waals surface area contributed by atoms with Gasteiger partial charge in [0, 0.05) is 0 Å². The van der Waals surface area contributed by atoms with Crippen molar-refractivity contribution >= 4 is 0 Å². The van der Waals surface area contributed by atoms with Crippen molar-refractivity contribution in [3.05, 3.63) is 12.2 Å². The molecule has 0 saturated carbocycles. The molecule has 0 amide bonds. The Kier molecular flexibility index (Phi) is 8.18. The fraction of sp³-hybridized carbons (Fsp3) is 0.846. The van der Waals surface area contributed by atoms with Gasteiger partial charge in [-0.05, 0) is 24.7 Å². The van der Waals surface area contributed by atoms with Crippen LogP contribution < -0.4 is 0 Å². The Bertz CT molecular complexity index is 122. The van der Waals surface area contributed by atoms with Gasteiger partial charge >= 0.3 is 0 Å². The van der Waals surface area contributed by atoms with Gasteiger partial charge in [0.2, 0.25) is 0 Å². The first-order valence-electron chi connectivity index (χ1n) is 5.89. The standard InChI is InChI=1S/C13H26/c1-5-7-8-9-11-13(10-6-2)12(3)4/h9,11-13H,5-8,10H2,1-4H3/b11-9-. The second kappa shape index (κ2) is 8.34. The number of hydrogen-bond donors (Lipinski definition) is 0. The van der Waals surface area contributed by atoms with Gasteiger partial charge in [0.15, 0.2) is 0 Å². The lowest BCUT2D eigenvalue weighted by Crippen LogP contribution is -2.04. The van der Waals surface area contributed by atoms with Crippen LogP contribution in [0.5, 0.6) is 0 Å². The Morgan fingerprint density at radius 1 is 1.08 bits per heavy atom. The van der Waals surface area contributed by atoms with Crippen LogP contribution in [0.1, 0.15) is 59.8 Å². The first-order valence-corrected chi connectivity index (χ1v) is 5.89. The quantitative estimate of drug-likeness (QED) is 0.392. The highest BCUT2D eigenvalue weighted by molar-refractivity contribution is 4.89. The summed E-state index contributed by atoms with van der Waals surface area (Å²) in [5, 5.41) is 0.